The molecular weight excluding hydrogens is 332 g/mol. The summed E-state index contributed by atoms with van der Waals surface area (Å²) in [6.07, 6.45) is 0.153. The van der Waals surface area contributed by atoms with E-state index in [1.165, 1.54) is 0 Å². The van der Waals surface area contributed by atoms with Gasteiger partial charge in [-0.3, -0.25) is 4.79 Å². The lowest BCUT2D eigenvalue weighted by Crippen LogP contribution is -2.51. The number of hydrogen-bond donors (Lipinski definition) is 3. The molecule has 7 heteroatoms. The van der Waals surface area contributed by atoms with E-state index in [0.29, 0.717) is 5.82 Å². The van der Waals surface area contributed by atoms with Crippen LogP contribution in [0.5, 0.6) is 0 Å². The normalized spacial score (nSPS) is 13.9. The van der Waals surface area contributed by atoms with Crippen molar-refractivity contribution in [1.82, 2.24) is 20.6 Å². The van der Waals surface area contributed by atoms with E-state index < -0.39 is 17.7 Å². The number of hydrogen-bond acceptors (Lipinski definition) is 4. The Hall–Kier alpha value is -2.57. The summed E-state index contributed by atoms with van der Waals surface area (Å²) in [6, 6.07) is 7.00. The molecule has 0 aliphatic rings. The molecule has 2 aromatic rings. The van der Waals surface area contributed by atoms with Crippen LogP contribution in [0.15, 0.2) is 24.3 Å². The van der Waals surface area contributed by atoms with Gasteiger partial charge in [0.05, 0.1) is 17.6 Å². The quantitative estimate of drug-likeness (QED) is 0.737. The van der Waals surface area contributed by atoms with Crippen LogP contribution >= 0.6 is 0 Å². The minimum atomic E-state index is -0.667. The van der Waals surface area contributed by atoms with E-state index in [1.807, 2.05) is 38.1 Å². The molecule has 0 saturated carbocycles. The molecule has 2 amide bonds. The number of rotatable bonds is 6. The standard InChI is InChI=1S/C19H28N4O3/c1-6-12(2)16(23-18(25)26-19(3,4)5)17(24)20-11-15-21-13-9-7-8-10-14(13)22-15/h7-10,12,16H,6,11H2,1-5H3,(H,20,24)(H,21,22)(H,23,25)/t12-,16-/m0/s1. The maximum absolute atomic E-state index is 12.6. The first kappa shape index (κ1) is 19.8. The maximum Gasteiger partial charge on any atom is 0.408 e. The maximum atomic E-state index is 12.6. The number of aromatic nitrogens is 2. The molecule has 2 atom stereocenters. The fourth-order valence-electron chi connectivity index (χ4n) is 2.51. The molecule has 0 spiro atoms. The summed E-state index contributed by atoms with van der Waals surface area (Å²) in [5, 5.41) is 5.52. The molecule has 0 fully saturated rings. The van der Waals surface area contributed by atoms with Gasteiger partial charge in [0.25, 0.3) is 0 Å². The molecule has 0 aliphatic heterocycles. The molecule has 26 heavy (non-hydrogen) atoms. The lowest BCUT2D eigenvalue weighted by Gasteiger charge is -2.26. The van der Waals surface area contributed by atoms with Gasteiger partial charge in [0.2, 0.25) is 5.91 Å². The molecule has 0 aliphatic carbocycles. The van der Waals surface area contributed by atoms with Gasteiger partial charge in [-0.05, 0) is 38.8 Å². The highest BCUT2D eigenvalue weighted by molar-refractivity contribution is 5.86. The van der Waals surface area contributed by atoms with Crippen LogP contribution in [0, 0.1) is 5.92 Å². The summed E-state index contributed by atoms with van der Waals surface area (Å²) < 4.78 is 5.27. The van der Waals surface area contributed by atoms with Crippen molar-refractivity contribution in [3.05, 3.63) is 30.1 Å². The Kier molecular flexibility index (Phi) is 6.23. The minimum absolute atomic E-state index is 0.0295. The summed E-state index contributed by atoms with van der Waals surface area (Å²) in [5.74, 6) is 0.378. The van der Waals surface area contributed by atoms with Crippen LogP contribution in [0.25, 0.3) is 11.0 Å². The van der Waals surface area contributed by atoms with Crippen molar-refractivity contribution >= 4 is 23.0 Å². The molecule has 0 saturated heterocycles. The monoisotopic (exact) mass is 360 g/mol. The number of nitrogens with one attached hydrogen (secondary N) is 3. The smallest absolute Gasteiger partial charge is 0.408 e. The average molecular weight is 360 g/mol. The molecule has 0 unspecified atom stereocenters. The van der Waals surface area contributed by atoms with Crippen molar-refractivity contribution in [3.63, 3.8) is 0 Å². The van der Waals surface area contributed by atoms with Gasteiger partial charge < -0.3 is 20.4 Å². The summed E-state index contributed by atoms with van der Waals surface area (Å²) >= 11 is 0. The third-order valence-electron chi connectivity index (χ3n) is 4.04. The third-order valence-corrected chi connectivity index (χ3v) is 4.04. The molecule has 0 radical (unpaired) electrons. The fourth-order valence-corrected chi connectivity index (χ4v) is 2.51. The largest absolute Gasteiger partial charge is 0.444 e. The van der Waals surface area contributed by atoms with Gasteiger partial charge in [0.15, 0.2) is 0 Å². The molecular formula is C19H28N4O3. The number of nitrogens with zero attached hydrogens (tertiary/aromatic N) is 1. The lowest BCUT2D eigenvalue weighted by molar-refractivity contribution is -0.124. The Morgan fingerprint density at radius 2 is 1.96 bits per heavy atom. The van der Waals surface area contributed by atoms with Gasteiger partial charge in [0.1, 0.15) is 17.5 Å². The highest BCUT2D eigenvalue weighted by atomic mass is 16.6. The van der Waals surface area contributed by atoms with Crippen molar-refractivity contribution < 1.29 is 14.3 Å². The van der Waals surface area contributed by atoms with E-state index in [-0.39, 0.29) is 18.4 Å². The SMILES string of the molecule is CC[C@H](C)[C@H](NC(=O)OC(C)(C)C)C(=O)NCc1nc2ccccc2[nH]1. The Morgan fingerprint density at radius 3 is 2.58 bits per heavy atom. The van der Waals surface area contributed by atoms with Crippen LogP contribution in [0.3, 0.4) is 0 Å². The van der Waals surface area contributed by atoms with Gasteiger partial charge in [-0.2, -0.15) is 0 Å². The number of H-pyrrole nitrogens is 1. The van der Waals surface area contributed by atoms with E-state index >= 15 is 0 Å². The van der Waals surface area contributed by atoms with Gasteiger partial charge in [0, 0.05) is 0 Å². The van der Waals surface area contributed by atoms with Crippen molar-refractivity contribution in [3.8, 4) is 0 Å². The first-order valence-electron chi connectivity index (χ1n) is 8.90. The number of fused-ring (bicyclic) bond motifs is 1. The van der Waals surface area contributed by atoms with Crippen molar-refractivity contribution in [2.75, 3.05) is 0 Å². The second-order valence-electron chi connectivity index (χ2n) is 7.43. The van der Waals surface area contributed by atoms with Gasteiger partial charge in [-0.25, -0.2) is 9.78 Å². The molecule has 7 nitrogen and oxygen atoms in total. The summed E-state index contributed by atoms with van der Waals surface area (Å²) in [5.41, 5.74) is 1.15. The lowest BCUT2D eigenvalue weighted by atomic mass is 9.98. The second kappa shape index (κ2) is 8.21. The highest BCUT2D eigenvalue weighted by Crippen LogP contribution is 2.13. The number of benzene rings is 1. The number of alkyl carbamates (subject to hydrolysis) is 1. The highest BCUT2D eigenvalue weighted by Gasteiger charge is 2.28. The van der Waals surface area contributed by atoms with E-state index in [9.17, 15) is 9.59 Å². The Bertz CT molecular complexity index is 730. The molecule has 1 aromatic heterocycles. The van der Waals surface area contributed by atoms with E-state index in [2.05, 4.69) is 20.6 Å². The topological polar surface area (TPSA) is 96.1 Å². The first-order valence-corrected chi connectivity index (χ1v) is 8.90. The number of aromatic amines is 1. The number of para-hydroxylation sites is 2. The number of imidazole rings is 1. The minimum Gasteiger partial charge on any atom is -0.444 e. The van der Waals surface area contributed by atoms with Crippen molar-refractivity contribution in [1.29, 1.82) is 0 Å². The van der Waals surface area contributed by atoms with Gasteiger partial charge in [-0.1, -0.05) is 32.4 Å². The third kappa shape index (κ3) is 5.47. The molecule has 142 valence electrons. The predicted molar refractivity (Wildman–Crippen MR) is 101 cm³/mol. The van der Waals surface area contributed by atoms with E-state index in [0.717, 1.165) is 17.5 Å². The number of carbonyl (C=O) groups is 2. The Balaban J connectivity index is 2.00. The van der Waals surface area contributed by atoms with Crippen LogP contribution in [0.4, 0.5) is 4.79 Å². The molecule has 3 N–H and O–H groups in total. The molecule has 1 aromatic carbocycles. The predicted octanol–water partition coefficient (Wildman–Crippen LogP) is 3.12. The van der Waals surface area contributed by atoms with Crippen LogP contribution in [0.2, 0.25) is 0 Å². The van der Waals surface area contributed by atoms with E-state index in [1.54, 1.807) is 20.8 Å². The molecule has 0 bridgehead atoms. The van der Waals surface area contributed by atoms with Crippen LogP contribution in [-0.2, 0) is 16.1 Å². The first-order chi connectivity index (χ1) is 12.2. The van der Waals surface area contributed by atoms with Crippen molar-refractivity contribution in [2.45, 2.75) is 59.2 Å². The van der Waals surface area contributed by atoms with E-state index in [4.69, 9.17) is 4.74 Å². The fraction of sp³-hybridized carbons (Fsp3) is 0.526. The summed E-state index contributed by atoms with van der Waals surface area (Å²) in [4.78, 5) is 32.3. The van der Waals surface area contributed by atoms with Crippen LogP contribution in [-0.4, -0.2) is 33.6 Å². The Labute approximate surface area is 153 Å². The van der Waals surface area contributed by atoms with Crippen molar-refractivity contribution in [2.24, 2.45) is 5.92 Å². The number of carbonyl (C=O) groups excluding carboxylic acids is 2. The number of ether oxygens (including phenoxy) is 1. The molecule has 1 heterocycles. The van der Waals surface area contributed by atoms with Gasteiger partial charge in [-0.15, -0.1) is 0 Å². The summed E-state index contributed by atoms with van der Waals surface area (Å²) in [6.45, 7) is 9.51. The average Bonchev–Trinajstić information content (AvgIpc) is 2.98. The van der Waals surface area contributed by atoms with Gasteiger partial charge >= 0.3 is 6.09 Å². The zero-order valence-electron chi connectivity index (χ0n) is 16.1. The zero-order chi connectivity index (χ0) is 19.3. The zero-order valence-corrected chi connectivity index (χ0v) is 16.1. The molecule has 2 rings (SSSR count). The summed E-state index contributed by atoms with van der Waals surface area (Å²) in [7, 11) is 0. The van der Waals surface area contributed by atoms with Crippen LogP contribution < -0.4 is 10.6 Å². The second-order valence-corrected chi connectivity index (χ2v) is 7.43. The Morgan fingerprint density at radius 1 is 1.27 bits per heavy atom. The number of amides is 2. The van der Waals surface area contributed by atoms with Crippen LogP contribution in [0.1, 0.15) is 46.9 Å².